The van der Waals surface area contributed by atoms with Crippen molar-refractivity contribution in [3.63, 3.8) is 0 Å². The van der Waals surface area contributed by atoms with Crippen molar-refractivity contribution in [3.05, 3.63) is 65.7 Å². The number of rotatable bonds is 9. The molecule has 2 aromatic carbocycles. The molecule has 0 aromatic heterocycles. The summed E-state index contributed by atoms with van der Waals surface area (Å²) in [7, 11) is 4.18. The molecule has 0 heterocycles. The van der Waals surface area contributed by atoms with E-state index >= 15 is 0 Å². The van der Waals surface area contributed by atoms with E-state index in [1.54, 1.807) is 0 Å². The molecule has 0 unspecified atom stereocenters. The lowest BCUT2D eigenvalue weighted by Gasteiger charge is -2.12. The van der Waals surface area contributed by atoms with Crippen molar-refractivity contribution in [1.29, 1.82) is 0 Å². The van der Waals surface area contributed by atoms with Crippen molar-refractivity contribution in [1.82, 2.24) is 15.5 Å². The van der Waals surface area contributed by atoms with Crippen LogP contribution in [0.3, 0.4) is 0 Å². The molecule has 0 saturated heterocycles. The molecule has 0 radical (unpaired) electrons. The van der Waals surface area contributed by atoms with Crippen molar-refractivity contribution in [2.75, 3.05) is 32.9 Å². The van der Waals surface area contributed by atoms with Crippen molar-refractivity contribution in [2.45, 2.75) is 24.9 Å². The summed E-state index contributed by atoms with van der Waals surface area (Å²) in [6, 6.07) is 19.1. The third-order valence-corrected chi connectivity index (χ3v) is 4.67. The first-order valence-corrected chi connectivity index (χ1v) is 10.1. The van der Waals surface area contributed by atoms with Gasteiger partial charge in [0.05, 0.1) is 6.54 Å². The van der Waals surface area contributed by atoms with Gasteiger partial charge in [0.1, 0.15) is 0 Å². The smallest absolute Gasteiger partial charge is 0.191 e. The third-order valence-electron chi connectivity index (χ3n) is 3.66. The number of benzene rings is 2. The summed E-state index contributed by atoms with van der Waals surface area (Å²) in [5.41, 5.74) is 2.56. The summed E-state index contributed by atoms with van der Waals surface area (Å²) in [6.07, 6.45) is 0. The van der Waals surface area contributed by atoms with Crippen molar-refractivity contribution in [2.24, 2.45) is 4.99 Å². The van der Waals surface area contributed by atoms with Gasteiger partial charge in [-0.05, 0) is 44.3 Å². The first-order chi connectivity index (χ1) is 12.7. The summed E-state index contributed by atoms with van der Waals surface area (Å²) in [5, 5.41) is 6.74. The summed E-state index contributed by atoms with van der Waals surface area (Å²) in [5.74, 6) is 1.88. The molecule has 26 heavy (non-hydrogen) atoms. The van der Waals surface area contributed by atoms with E-state index < -0.39 is 0 Å². The number of nitrogens with zero attached hydrogens (tertiary/aromatic N) is 2. The van der Waals surface area contributed by atoms with Gasteiger partial charge in [-0.1, -0.05) is 42.5 Å². The van der Waals surface area contributed by atoms with Crippen LogP contribution in [0.25, 0.3) is 0 Å². The molecule has 2 N–H and O–H groups in total. The summed E-state index contributed by atoms with van der Waals surface area (Å²) >= 11 is 1.85. The van der Waals surface area contributed by atoms with Crippen molar-refractivity contribution in [3.8, 4) is 0 Å². The first kappa shape index (κ1) is 20.3. The maximum atomic E-state index is 4.72. The van der Waals surface area contributed by atoms with Gasteiger partial charge in [-0.15, -0.1) is 11.8 Å². The number of aliphatic imine (C=N–C) groups is 1. The predicted molar refractivity (Wildman–Crippen MR) is 114 cm³/mol. The van der Waals surface area contributed by atoms with Crippen LogP contribution < -0.4 is 10.6 Å². The lowest BCUT2D eigenvalue weighted by molar-refractivity contribution is 0.402. The van der Waals surface area contributed by atoms with Gasteiger partial charge in [-0.2, -0.15) is 0 Å². The SMILES string of the molecule is CCNC(=NCc1cccc(CN(C)C)c1)NCCSc1ccccc1. The van der Waals surface area contributed by atoms with Crippen LogP contribution in [0.1, 0.15) is 18.1 Å². The number of thioether (sulfide) groups is 1. The van der Waals surface area contributed by atoms with E-state index in [4.69, 9.17) is 4.99 Å². The highest BCUT2D eigenvalue weighted by molar-refractivity contribution is 7.99. The van der Waals surface area contributed by atoms with Gasteiger partial charge >= 0.3 is 0 Å². The standard InChI is InChI=1S/C21H30N4S/c1-4-22-21(23-13-14-26-20-11-6-5-7-12-20)24-16-18-9-8-10-19(15-18)17-25(2)3/h5-12,15H,4,13-14,16-17H2,1-3H3,(H2,22,23,24). The zero-order chi connectivity index (χ0) is 18.6. The Labute approximate surface area is 162 Å². The van der Waals surface area contributed by atoms with Crippen molar-refractivity contribution < 1.29 is 0 Å². The van der Waals surface area contributed by atoms with E-state index in [0.717, 1.165) is 31.3 Å². The average Bonchev–Trinajstić information content (AvgIpc) is 2.64. The molecular weight excluding hydrogens is 340 g/mol. The highest BCUT2D eigenvalue weighted by Crippen LogP contribution is 2.15. The molecule has 0 amide bonds. The van der Waals surface area contributed by atoms with Crippen LogP contribution in [0.15, 0.2) is 64.5 Å². The Morgan fingerprint density at radius 3 is 2.50 bits per heavy atom. The highest BCUT2D eigenvalue weighted by atomic mass is 32.2. The van der Waals surface area contributed by atoms with Gasteiger partial charge in [0.25, 0.3) is 0 Å². The van der Waals surface area contributed by atoms with Gasteiger partial charge in [-0.25, -0.2) is 4.99 Å². The second-order valence-electron chi connectivity index (χ2n) is 6.34. The summed E-state index contributed by atoms with van der Waals surface area (Å²) < 4.78 is 0. The largest absolute Gasteiger partial charge is 0.357 e. The van der Waals surface area contributed by atoms with E-state index in [1.165, 1.54) is 16.0 Å². The predicted octanol–water partition coefficient (Wildman–Crippen LogP) is 3.60. The maximum absolute atomic E-state index is 4.72. The molecular formula is C21H30N4S. The van der Waals surface area contributed by atoms with E-state index in [1.807, 2.05) is 17.8 Å². The molecule has 0 spiro atoms. The Balaban J connectivity index is 1.83. The van der Waals surface area contributed by atoms with E-state index in [9.17, 15) is 0 Å². The fourth-order valence-corrected chi connectivity index (χ4v) is 3.35. The minimum absolute atomic E-state index is 0.683. The van der Waals surface area contributed by atoms with Crippen LogP contribution in [0.2, 0.25) is 0 Å². The van der Waals surface area contributed by atoms with Crippen LogP contribution in [0.5, 0.6) is 0 Å². The molecule has 0 bridgehead atoms. The van der Waals surface area contributed by atoms with Crippen LogP contribution in [0.4, 0.5) is 0 Å². The number of hydrogen-bond donors (Lipinski definition) is 2. The van der Waals surface area contributed by atoms with Crippen LogP contribution in [-0.4, -0.2) is 43.8 Å². The molecule has 0 aliphatic rings. The molecule has 140 valence electrons. The number of nitrogens with one attached hydrogen (secondary N) is 2. The van der Waals surface area contributed by atoms with Crippen LogP contribution in [-0.2, 0) is 13.1 Å². The quantitative estimate of drug-likeness (QED) is 0.306. The van der Waals surface area contributed by atoms with Crippen molar-refractivity contribution >= 4 is 17.7 Å². The molecule has 0 aliphatic heterocycles. The molecule has 2 aromatic rings. The second kappa shape index (κ2) is 11.6. The Kier molecular flexibility index (Phi) is 9.07. The van der Waals surface area contributed by atoms with Crippen LogP contribution >= 0.6 is 11.8 Å². The van der Waals surface area contributed by atoms with Gasteiger partial charge in [0.2, 0.25) is 0 Å². The van der Waals surface area contributed by atoms with E-state index in [0.29, 0.717) is 6.54 Å². The molecule has 0 atom stereocenters. The summed E-state index contributed by atoms with van der Waals surface area (Å²) in [6.45, 7) is 5.47. The molecule has 0 aliphatic carbocycles. The number of hydrogen-bond acceptors (Lipinski definition) is 3. The Bertz CT molecular complexity index is 671. The molecule has 2 rings (SSSR count). The Morgan fingerprint density at radius 1 is 1.00 bits per heavy atom. The zero-order valence-corrected chi connectivity index (χ0v) is 16.9. The topological polar surface area (TPSA) is 39.7 Å². The molecule has 5 heteroatoms. The van der Waals surface area contributed by atoms with Gasteiger partial charge in [-0.3, -0.25) is 0 Å². The molecule has 0 fully saturated rings. The highest BCUT2D eigenvalue weighted by Gasteiger charge is 2.00. The van der Waals surface area contributed by atoms with Gasteiger partial charge in [0.15, 0.2) is 5.96 Å². The lowest BCUT2D eigenvalue weighted by atomic mass is 10.1. The molecule has 4 nitrogen and oxygen atoms in total. The first-order valence-electron chi connectivity index (χ1n) is 9.10. The summed E-state index contributed by atoms with van der Waals surface area (Å²) in [4.78, 5) is 8.20. The normalized spacial score (nSPS) is 11.6. The van der Waals surface area contributed by atoms with E-state index in [-0.39, 0.29) is 0 Å². The fourth-order valence-electron chi connectivity index (χ4n) is 2.56. The fraction of sp³-hybridized carbons (Fsp3) is 0.381. The zero-order valence-electron chi connectivity index (χ0n) is 16.0. The Morgan fingerprint density at radius 2 is 1.77 bits per heavy atom. The van der Waals surface area contributed by atoms with E-state index in [2.05, 4.69) is 85.1 Å². The lowest BCUT2D eigenvalue weighted by Crippen LogP contribution is -2.38. The second-order valence-corrected chi connectivity index (χ2v) is 7.51. The Hall–Kier alpha value is -1.98. The minimum Gasteiger partial charge on any atom is -0.357 e. The number of guanidine groups is 1. The minimum atomic E-state index is 0.683. The maximum Gasteiger partial charge on any atom is 0.191 e. The monoisotopic (exact) mass is 370 g/mol. The van der Waals surface area contributed by atoms with Gasteiger partial charge < -0.3 is 15.5 Å². The molecule has 0 saturated carbocycles. The average molecular weight is 371 g/mol. The third kappa shape index (κ3) is 7.93. The van der Waals surface area contributed by atoms with Gasteiger partial charge in [0, 0.05) is 30.3 Å². The van der Waals surface area contributed by atoms with Crippen LogP contribution in [0, 0.1) is 0 Å².